The van der Waals surface area contributed by atoms with E-state index in [1.807, 2.05) is 30.3 Å². The number of hydrogen-bond acceptors (Lipinski definition) is 5. The van der Waals surface area contributed by atoms with Gasteiger partial charge in [-0.25, -0.2) is 5.01 Å². The lowest BCUT2D eigenvalue weighted by Crippen LogP contribution is -2.33. The van der Waals surface area contributed by atoms with Crippen LogP contribution in [0.3, 0.4) is 0 Å². The summed E-state index contributed by atoms with van der Waals surface area (Å²) in [6, 6.07) is 18.6. The van der Waals surface area contributed by atoms with E-state index in [4.69, 9.17) is 14.6 Å². The Labute approximate surface area is 170 Å². The lowest BCUT2D eigenvalue weighted by atomic mass is 9.97. The van der Waals surface area contributed by atoms with E-state index in [0.717, 1.165) is 33.7 Å². The maximum Gasteiger partial charge on any atom is 0.214 e. The molecule has 3 heterocycles. The molecule has 2 aliphatic heterocycles. The third-order valence-electron chi connectivity index (χ3n) is 4.94. The second kappa shape index (κ2) is 6.69. The van der Waals surface area contributed by atoms with Crippen LogP contribution in [-0.4, -0.2) is 17.8 Å². The van der Waals surface area contributed by atoms with Crippen molar-refractivity contribution in [3.8, 4) is 11.5 Å². The van der Waals surface area contributed by atoms with Crippen LogP contribution >= 0.6 is 27.3 Å². The van der Waals surface area contributed by atoms with Crippen molar-refractivity contribution >= 4 is 33.0 Å². The van der Waals surface area contributed by atoms with E-state index >= 15 is 0 Å². The number of nitrogens with zero attached hydrogens (tertiary/aromatic N) is 2. The van der Waals surface area contributed by atoms with Crippen LogP contribution in [0.25, 0.3) is 0 Å². The number of hydrogen-bond donors (Lipinski definition) is 0. The molecule has 2 aromatic carbocycles. The first-order chi connectivity index (χ1) is 13.2. The molecule has 27 heavy (non-hydrogen) atoms. The molecule has 2 aliphatic rings. The highest BCUT2D eigenvalue weighted by Gasteiger charge is 2.41. The van der Waals surface area contributed by atoms with Gasteiger partial charge in [0.25, 0.3) is 0 Å². The minimum absolute atomic E-state index is 0.152. The van der Waals surface area contributed by atoms with Crippen LogP contribution in [-0.2, 0) is 0 Å². The minimum atomic E-state index is -0.281. The number of methoxy groups -OCH3 is 1. The first-order valence-corrected chi connectivity index (χ1v) is 10.4. The topological polar surface area (TPSA) is 34.1 Å². The van der Waals surface area contributed by atoms with Gasteiger partial charge in [0, 0.05) is 22.0 Å². The van der Waals surface area contributed by atoms with Gasteiger partial charge in [0.1, 0.15) is 11.5 Å². The van der Waals surface area contributed by atoms with Crippen LogP contribution in [0.2, 0.25) is 0 Å². The summed E-state index contributed by atoms with van der Waals surface area (Å²) < 4.78 is 12.9. The van der Waals surface area contributed by atoms with Crippen molar-refractivity contribution in [2.75, 3.05) is 7.11 Å². The zero-order valence-electron chi connectivity index (χ0n) is 14.6. The number of rotatable bonds is 3. The van der Waals surface area contributed by atoms with Gasteiger partial charge in [0.15, 0.2) is 0 Å². The average Bonchev–Trinajstić information content (AvgIpc) is 3.37. The molecule has 136 valence electrons. The summed E-state index contributed by atoms with van der Waals surface area (Å²) >= 11 is 5.32. The molecule has 0 N–H and O–H groups in total. The molecular formula is C21H17BrN2O2S. The summed E-state index contributed by atoms with van der Waals surface area (Å²) in [5, 5.41) is 9.16. The van der Waals surface area contributed by atoms with E-state index in [9.17, 15) is 0 Å². The van der Waals surface area contributed by atoms with Gasteiger partial charge in [-0.3, -0.25) is 0 Å². The van der Waals surface area contributed by atoms with Crippen LogP contribution < -0.4 is 9.47 Å². The molecule has 4 nitrogen and oxygen atoms in total. The molecule has 0 amide bonds. The lowest BCUT2D eigenvalue weighted by molar-refractivity contribution is -0.0191. The molecule has 6 heteroatoms. The van der Waals surface area contributed by atoms with E-state index in [2.05, 4.69) is 50.6 Å². The summed E-state index contributed by atoms with van der Waals surface area (Å²) in [6.07, 6.45) is 0.588. The number of thiophene rings is 1. The van der Waals surface area contributed by atoms with E-state index < -0.39 is 0 Å². The molecule has 2 atom stereocenters. The van der Waals surface area contributed by atoms with Crippen molar-refractivity contribution in [3.05, 3.63) is 80.5 Å². The lowest BCUT2D eigenvalue weighted by Gasteiger charge is -2.38. The normalized spacial score (nSPS) is 20.5. The Hall–Kier alpha value is -2.31. The molecule has 1 aromatic heterocycles. The maximum absolute atomic E-state index is 6.40. The van der Waals surface area contributed by atoms with Gasteiger partial charge in [0.05, 0.1) is 23.7 Å². The summed E-state index contributed by atoms with van der Waals surface area (Å²) in [7, 11) is 1.68. The summed E-state index contributed by atoms with van der Waals surface area (Å²) in [6.45, 7) is 0. The highest BCUT2D eigenvalue weighted by Crippen LogP contribution is 2.48. The van der Waals surface area contributed by atoms with Gasteiger partial charge in [-0.2, -0.15) is 5.10 Å². The van der Waals surface area contributed by atoms with Gasteiger partial charge in [-0.05, 0) is 41.8 Å². The molecule has 5 rings (SSSR count). The number of ether oxygens (including phenoxy) is 2. The second-order valence-corrected chi connectivity index (χ2v) is 8.42. The Balaban J connectivity index is 1.61. The zero-order chi connectivity index (χ0) is 18.4. The van der Waals surface area contributed by atoms with Gasteiger partial charge < -0.3 is 9.47 Å². The first kappa shape index (κ1) is 16.8. The summed E-state index contributed by atoms with van der Waals surface area (Å²) in [5.74, 6) is 1.73. The predicted octanol–water partition coefficient (Wildman–Crippen LogP) is 5.76. The highest BCUT2D eigenvalue weighted by atomic mass is 79.9. The second-order valence-electron chi connectivity index (χ2n) is 6.55. The van der Waals surface area contributed by atoms with Crippen molar-refractivity contribution in [2.24, 2.45) is 5.10 Å². The largest absolute Gasteiger partial charge is 0.497 e. The van der Waals surface area contributed by atoms with Gasteiger partial charge in [-0.15, -0.1) is 11.3 Å². The average molecular weight is 441 g/mol. The molecule has 0 fully saturated rings. The minimum Gasteiger partial charge on any atom is -0.497 e. The molecule has 0 saturated heterocycles. The molecular weight excluding hydrogens is 424 g/mol. The third kappa shape index (κ3) is 2.93. The molecule has 0 unspecified atom stereocenters. The summed E-state index contributed by atoms with van der Waals surface area (Å²) in [5.41, 5.74) is 3.31. The molecule has 0 spiro atoms. The van der Waals surface area contributed by atoms with E-state index in [1.54, 1.807) is 18.4 Å². The number of fused-ring (bicyclic) bond motifs is 3. The standard InChI is InChI=1S/C21H17BrN2O2S/c1-25-15-5-2-4-13(10-15)21-24-18(12-17(23-24)20-6-3-9-27-20)16-11-14(22)7-8-19(16)26-21/h2-11,18,21H,12H2,1H3/t18-,21-/m1/s1. The SMILES string of the molecule is COc1cccc([C@H]2Oc3ccc(Br)cc3[C@H]3CC(c4cccs4)=NN32)c1. The first-order valence-electron chi connectivity index (χ1n) is 8.72. The fourth-order valence-electron chi connectivity index (χ4n) is 3.66. The fourth-order valence-corrected chi connectivity index (χ4v) is 4.76. The number of benzene rings is 2. The van der Waals surface area contributed by atoms with E-state index in [0.29, 0.717) is 0 Å². The van der Waals surface area contributed by atoms with Gasteiger partial charge in [-0.1, -0.05) is 34.1 Å². The quantitative estimate of drug-likeness (QED) is 0.518. The monoisotopic (exact) mass is 440 g/mol. The van der Waals surface area contributed by atoms with E-state index in [-0.39, 0.29) is 12.3 Å². The van der Waals surface area contributed by atoms with Crippen LogP contribution in [0.5, 0.6) is 11.5 Å². The van der Waals surface area contributed by atoms with Crippen molar-refractivity contribution in [3.63, 3.8) is 0 Å². The van der Waals surface area contributed by atoms with Crippen molar-refractivity contribution in [1.29, 1.82) is 0 Å². The van der Waals surface area contributed by atoms with Crippen LogP contribution in [0, 0.1) is 0 Å². The highest BCUT2D eigenvalue weighted by molar-refractivity contribution is 9.10. The van der Waals surface area contributed by atoms with Gasteiger partial charge >= 0.3 is 0 Å². The predicted molar refractivity (Wildman–Crippen MR) is 111 cm³/mol. The van der Waals surface area contributed by atoms with Crippen LogP contribution in [0.4, 0.5) is 0 Å². The molecule has 3 aromatic rings. The van der Waals surface area contributed by atoms with Crippen LogP contribution in [0.1, 0.15) is 34.7 Å². The zero-order valence-corrected chi connectivity index (χ0v) is 17.0. The van der Waals surface area contributed by atoms with Crippen molar-refractivity contribution < 1.29 is 9.47 Å². The molecule has 0 bridgehead atoms. The molecule has 0 aliphatic carbocycles. The fraction of sp³-hybridized carbons (Fsp3) is 0.190. The smallest absolute Gasteiger partial charge is 0.214 e. The van der Waals surface area contributed by atoms with E-state index in [1.165, 1.54) is 10.4 Å². The number of halogens is 1. The Morgan fingerprint density at radius 3 is 2.93 bits per heavy atom. The Morgan fingerprint density at radius 1 is 1.19 bits per heavy atom. The Bertz CT molecular complexity index is 1020. The van der Waals surface area contributed by atoms with Crippen molar-refractivity contribution in [1.82, 2.24) is 5.01 Å². The Morgan fingerprint density at radius 2 is 2.11 bits per heavy atom. The number of hydrazone groups is 1. The summed E-state index contributed by atoms with van der Waals surface area (Å²) in [4.78, 5) is 1.21. The molecule has 0 saturated carbocycles. The Kier molecular flexibility index (Phi) is 4.17. The maximum atomic E-state index is 6.40. The molecule has 0 radical (unpaired) electrons. The van der Waals surface area contributed by atoms with Crippen LogP contribution in [0.15, 0.2) is 69.6 Å². The van der Waals surface area contributed by atoms with Gasteiger partial charge in [0.2, 0.25) is 6.23 Å². The van der Waals surface area contributed by atoms with Crippen molar-refractivity contribution in [2.45, 2.75) is 18.7 Å². The third-order valence-corrected chi connectivity index (χ3v) is 6.35.